The first-order valence-corrected chi connectivity index (χ1v) is 6.30. The second-order valence-corrected chi connectivity index (χ2v) is 4.49. The van der Waals surface area contributed by atoms with E-state index in [1.165, 1.54) is 0 Å². The topological polar surface area (TPSA) is 56.0 Å². The van der Waals surface area contributed by atoms with Gasteiger partial charge < -0.3 is 4.52 Å². The molecule has 0 amide bonds. The van der Waals surface area contributed by atoms with Gasteiger partial charge in [0.15, 0.2) is 5.82 Å². The zero-order chi connectivity index (χ0) is 12.1. The van der Waals surface area contributed by atoms with Crippen molar-refractivity contribution in [1.82, 2.24) is 10.1 Å². The van der Waals surface area contributed by atoms with Gasteiger partial charge in [-0.05, 0) is 12.1 Å². The molecule has 0 atom stereocenters. The summed E-state index contributed by atoms with van der Waals surface area (Å²) >= 11 is 1.58. The molecular formula is C12H12N2O2S. The second kappa shape index (κ2) is 5.63. The molecule has 0 aliphatic heterocycles. The van der Waals surface area contributed by atoms with Crippen LogP contribution in [-0.4, -0.2) is 16.4 Å². The van der Waals surface area contributed by atoms with Crippen LogP contribution >= 0.6 is 11.8 Å². The van der Waals surface area contributed by atoms with Gasteiger partial charge in [0.05, 0.1) is 5.75 Å². The van der Waals surface area contributed by atoms with Crippen molar-refractivity contribution in [3.05, 3.63) is 41.5 Å². The maximum atomic E-state index is 10.6. The van der Waals surface area contributed by atoms with E-state index in [9.17, 15) is 4.79 Å². The first-order chi connectivity index (χ1) is 8.31. The van der Waals surface area contributed by atoms with Crippen LogP contribution < -0.4 is 0 Å². The fraction of sp³-hybridized carbons (Fsp3) is 0.250. The summed E-state index contributed by atoms with van der Waals surface area (Å²) in [4.78, 5) is 15.9. The summed E-state index contributed by atoms with van der Waals surface area (Å²) in [5.41, 5.74) is 0.678. The molecule has 0 bridgehead atoms. The number of carbonyl (C=O) groups is 1. The van der Waals surface area contributed by atoms with Gasteiger partial charge in [-0.2, -0.15) is 4.98 Å². The number of hydrogen-bond donors (Lipinski definition) is 0. The Morgan fingerprint density at radius 3 is 3.06 bits per heavy atom. The minimum Gasteiger partial charge on any atom is -0.339 e. The maximum absolute atomic E-state index is 10.6. The van der Waals surface area contributed by atoms with Crippen molar-refractivity contribution in [2.24, 2.45) is 0 Å². The van der Waals surface area contributed by atoms with Crippen LogP contribution in [0.25, 0.3) is 0 Å². The number of aryl methyl sites for hydroxylation is 1. The summed E-state index contributed by atoms with van der Waals surface area (Å²) in [5.74, 6) is 1.98. The molecule has 4 nitrogen and oxygen atoms in total. The lowest BCUT2D eigenvalue weighted by Gasteiger charge is -1.98. The molecule has 0 N–H and O–H groups in total. The molecule has 0 spiro atoms. The van der Waals surface area contributed by atoms with Gasteiger partial charge >= 0.3 is 0 Å². The maximum Gasteiger partial charge on any atom is 0.226 e. The number of nitrogens with zero attached hydrogens (tertiary/aromatic N) is 2. The Kier molecular flexibility index (Phi) is 3.93. The Morgan fingerprint density at radius 1 is 1.47 bits per heavy atom. The number of carbonyl (C=O) groups excluding carboxylic acids is 1. The van der Waals surface area contributed by atoms with E-state index in [4.69, 9.17) is 4.52 Å². The minimum atomic E-state index is 0.645. The van der Waals surface area contributed by atoms with Crippen molar-refractivity contribution in [2.45, 2.75) is 24.0 Å². The quantitative estimate of drug-likeness (QED) is 0.601. The molecule has 2 aromatic rings. The smallest absolute Gasteiger partial charge is 0.226 e. The van der Waals surface area contributed by atoms with E-state index in [-0.39, 0.29) is 0 Å². The normalized spacial score (nSPS) is 10.4. The Bertz CT molecular complexity index is 511. The lowest BCUT2D eigenvalue weighted by molar-refractivity contribution is 0.112. The van der Waals surface area contributed by atoms with Gasteiger partial charge in [-0.25, -0.2) is 0 Å². The number of hydrogen-bond acceptors (Lipinski definition) is 5. The van der Waals surface area contributed by atoms with E-state index in [1.54, 1.807) is 17.8 Å². The Balaban J connectivity index is 1.99. The fourth-order valence-corrected chi connectivity index (χ4v) is 2.13. The predicted molar refractivity (Wildman–Crippen MR) is 65.1 cm³/mol. The summed E-state index contributed by atoms with van der Waals surface area (Å²) < 4.78 is 5.02. The third kappa shape index (κ3) is 3.17. The number of rotatable bonds is 5. The molecule has 1 aromatic heterocycles. The van der Waals surface area contributed by atoms with Gasteiger partial charge in [0.1, 0.15) is 6.29 Å². The molecule has 1 aromatic carbocycles. The van der Waals surface area contributed by atoms with E-state index in [0.717, 1.165) is 17.6 Å². The highest BCUT2D eigenvalue weighted by Crippen LogP contribution is 2.22. The molecule has 0 aliphatic carbocycles. The second-order valence-electron chi connectivity index (χ2n) is 3.44. The Morgan fingerprint density at radius 2 is 2.35 bits per heavy atom. The van der Waals surface area contributed by atoms with Crippen molar-refractivity contribution in [1.29, 1.82) is 0 Å². The van der Waals surface area contributed by atoms with Gasteiger partial charge in [-0.15, -0.1) is 11.8 Å². The van der Waals surface area contributed by atoms with Crippen LogP contribution in [0.5, 0.6) is 0 Å². The van der Waals surface area contributed by atoms with Crippen LogP contribution in [0.15, 0.2) is 33.7 Å². The molecule has 2 rings (SSSR count). The highest BCUT2D eigenvalue weighted by molar-refractivity contribution is 7.98. The fourth-order valence-electron chi connectivity index (χ4n) is 1.32. The van der Waals surface area contributed by atoms with E-state index in [2.05, 4.69) is 10.1 Å². The molecule has 1 heterocycles. The van der Waals surface area contributed by atoms with Gasteiger partial charge in [0, 0.05) is 16.9 Å². The van der Waals surface area contributed by atoms with Crippen molar-refractivity contribution in [3.8, 4) is 0 Å². The first kappa shape index (κ1) is 11.9. The van der Waals surface area contributed by atoms with Crippen LogP contribution in [0.2, 0.25) is 0 Å². The van der Waals surface area contributed by atoms with Gasteiger partial charge in [0.2, 0.25) is 5.89 Å². The number of thioether (sulfide) groups is 1. The third-order valence-electron chi connectivity index (χ3n) is 2.17. The van der Waals surface area contributed by atoms with Crippen molar-refractivity contribution in [2.75, 3.05) is 0 Å². The number of benzene rings is 1. The van der Waals surface area contributed by atoms with Crippen LogP contribution in [0, 0.1) is 0 Å². The Hall–Kier alpha value is -1.62. The summed E-state index contributed by atoms with van der Waals surface area (Å²) in [5, 5.41) is 3.87. The largest absolute Gasteiger partial charge is 0.339 e. The average molecular weight is 248 g/mol. The van der Waals surface area contributed by atoms with Crippen molar-refractivity contribution < 1.29 is 9.32 Å². The van der Waals surface area contributed by atoms with E-state index in [1.807, 2.05) is 25.1 Å². The minimum absolute atomic E-state index is 0.645. The standard InChI is InChI=1S/C12H12N2O2S/c1-2-12-13-11(14-16-12)8-17-10-5-3-4-9(6-10)7-15/h3-7H,2,8H2,1H3. The SMILES string of the molecule is CCc1nc(CSc2cccc(C=O)c2)no1. The van der Waals surface area contributed by atoms with Crippen LogP contribution in [0.3, 0.4) is 0 Å². The monoisotopic (exact) mass is 248 g/mol. The Labute approximate surface area is 103 Å². The summed E-state index contributed by atoms with van der Waals surface area (Å²) in [6.45, 7) is 1.97. The summed E-state index contributed by atoms with van der Waals surface area (Å²) in [6, 6.07) is 7.44. The molecule has 0 radical (unpaired) electrons. The molecule has 0 saturated heterocycles. The van der Waals surface area contributed by atoms with E-state index in [0.29, 0.717) is 23.0 Å². The van der Waals surface area contributed by atoms with Crippen molar-refractivity contribution in [3.63, 3.8) is 0 Å². The summed E-state index contributed by atoms with van der Waals surface area (Å²) in [6.07, 6.45) is 1.59. The molecule has 17 heavy (non-hydrogen) atoms. The lowest BCUT2D eigenvalue weighted by atomic mass is 10.2. The average Bonchev–Trinajstić information content (AvgIpc) is 2.84. The van der Waals surface area contributed by atoms with Crippen LogP contribution in [0.1, 0.15) is 29.0 Å². The first-order valence-electron chi connectivity index (χ1n) is 5.31. The zero-order valence-electron chi connectivity index (χ0n) is 9.42. The number of aromatic nitrogens is 2. The molecule has 0 saturated carbocycles. The predicted octanol–water partition coefficient (Wildman–Crippen LogP) is 2.74. The lowest BCUT2D eigenvalue weighted by Crippen LogP contribution is -1.86. The molecule has 5 heteroatoms. The molecule has 88 valence electrons. The van der Waals surface area contributed by atoms with Gasteiger partial charge in [-0.3, -0.25) is 4.79 Å². The van der Waals surface area contributed by atoms with E-state index >= 15 is 0 Å². The third-order valence-corrected chi connectivity index (χ3v) is 3.16. The van der Waals surface area contributed by atoms with E-state index < -0.39 is 0 Å². The van der Waals surface area contributed by atoms with Crippen LogP contribution in [0.4, 0.5) is 0 Å². The van der Waals surface area contributed by atoms with Gasteiger partial charge in [-0.1, -0.05) is 24.2 Å². The van der Waals surface area contributed by atoms with Crippen molar-refractivity contribution >= 4 is 18.0 Å². The zero-order valence-corrected chi connectivity index (χ0v) is 10.2. The van der Waals surface area contributed by atoms with Gasteiger partial charge in [0.25, 0.3) is 0 Å². The highest BCUT2D eigenvalue weighted by Gasteiger charge is 2.05. The highest BCUT2D eigenvalue weighted by atomic mass is 32.2. The molecule has 0 aliphatic rings. The van der Waals surface area contributed by atoms with Crippen LogP contribution in [-0.2, 0) is 12.2 Å². The molecular weight excluding hydrogens is 236 g/mol. The molecule has 0 fully saturated rings. The number of aldehydes is 1. The molecule has 0 unspecified atom stereocenters. The summed E-state index contributed by atoms with van der Waals surface area (Å²) in [7, 11) is 0.